The van der Waals surface area contributed by atoms with Crippen LogP contribution in [0.5, 0.6) is 5.75 Å². The fourth-order valence-electron chi connectivity index (χ4n) is 2.59. The van der Waals surface area contributed by atoms with Gasteiger partial charge in [-0.25, -0.2) is 18.2 Å². The first-order valence-electron chi connectivity index (χ1n) is 9.33. The first kappa shape index (κ1) is 22.0. The van der Waals surface area contributed by atoms with Crippen LogP contribution in [0.2, 0.25) is 0 Å². The Balaban J connectivity index is 1.62. The quantitative estimate of drug-likeness (QED) is 0.411. The van der Waals surface area contributed by atoms with Gasteiger partial charge in [-0.1, -0.05) is 18.2 Å². The number of rotatable bonds is 8. The van der Waals surface area contributed by atoms with Crippen LogP contribution < -0.4 is 14.9 Å². The van der Waals surface area contributed by atoms with E-state index in [2.05, 4.69) is 15.2 Å². The standard InChI is InChI=1S/C22H20FN3O4S/c1-2-30-19-11-13-20(14-12-19)31(28,29)26-18-9-7-16(8-10-18)22(27)25-24-15-17-5-3-4-6-21(17)23/h3-15,26H,2H2,1H3,(H,25,27)/b24-15-. The lowest BCUT2D eigenvalue weighted by atomic mass is 10.2. The Bertz CT molecular complexity index is 1180. The van der Waals surface area contributed by atoms with Crippen LogP contribution in [-0.4, -0.2) is 27.1 Å². The summed E-state index contributed by atoms with van der Waals surface area (Å²) in [5, 5.41) is 3.73. The van der Waals surface area contributed by atoms with Crippen LogP contribution in [0.4, 0.5) is 10.1 Å². The fraction of sp³-hybridized carbons (Fsp3) is 0.0909. The lowest BCUT2D eigenvalue weighted by molar-refractivity contribution is 0.0955. The summed E-state index contributed by atoms with van der Waals surface area (Å²) >= 11 is 0. The largest absolute Gasteiger partial charge is 0.494 e. The van der Waals surface area contributed by atoms with Crippen LogP contribution in [0.1, 0.15) is 22.8 Å². The second-order valence-electron chi connectivity index (χ2n) is 6.31. The van der Waals surface area contributed by atoms with Crippen molar-refractivity contribution in [3.05, 3.63) is 89.7 Å². The molecule has 0 aliphatic heterocycles. The molecule has 0 aliphatic carbocycles. The number of ether oxygens (including phenoxy) is 1. The smallest absolute Gasteiger partial charge is 0.271 e. The Morgan fingerprint density at radius 2 is 1.71 bits per heavy atom. The Morgan fingerprint density at radius 1 is 1.03 bits per heavy atom. The summed E-state index contributed by atoms with van der Waals surface area (Å²) in [6.07, 6.45) is 1.20. The molecule has 7 nitrogen and oxygen atoms in total. The highest BCUT2D eigenvalue weighted by Gasteiger charge is 2.14. The molecular weight excluding hydrogens is 421 g/mol. The SMILES string of the molecule is CCOc1ccc(S(=O)(=O)Nc2ccc(C(=O)N/N=C\c3ccccc3F)cc2)cc1. The molecule has 0 heterocycles. The van der Waals surface area contributed by atoms with Crippen molar-refractivity contribution in [2.24, 2.45) is 5.10 Å². The van der Waals surface area contributed by atoms with Gasteiger partial charge in [0.05, 0.1) is 17.7 Å². The number of sulfonamides is 1. The molecule has 0 saturated carbocycles. The maximum Gasteiger partial charge on any atom is 0.271 e. The van der Waals surface area contributed by atoms with E-state index in [9.17, 15) is 17.6 Å². The van der Waals surface area contributed by atoms with Gasteiger partial charge in [-0.2, -0.15) is 5.10 Å². The monoisotopic (exact) mass is 441 g/mol. The van der Waals surface area contributed by atoms with Gasteiger partial charge in [0.1, 0.15) is 11.6 Å². The summed E-state index contributed by atoms with van der Waals surface area (Å²) in [5.41, 5.74) is 3.09. The van der Waals surface area contributed by atoms with Crippen LogP contribution >= 0.6 is 0 Å². The number of hydrazone groups is 1. The highest BCUT2D eigenvalue weighted by atomic mass is 32.2. The molecule has 2 N–H and O–H groups in total. The van der Waals surface area contributed by atoms with Gasteiger partial charge >= 0.3 is 0 Å². The Hall–Kier alpha value is -3.72. The van der Waals surface area contributed by atoms with E-state index in [4.69, 9.17) is 4.74 Å². The van der Waals surface area contributed by atoms with Crippen LogP contribution in [0.3, 0.4) is 0 Å². The maximum absolute atomic E-state index is 13.5. The number of hydrogen-bond donors (Lipinski definition) is 2. The van der Waals surface area contributed by atoms with Gasteiger partial charge in [0.15, 0.2) is 0 Å². The summed E-state index contributed by atoms with van der Waals surface area (Å²) in [4.78, 5) is 12.2. The second-order valence-corrected chi connectivity index (χ2v) is 7.99. The molecular formula is C22H20FN3O4S. The van der Waals surface area contributed by atoms with Gasteiger partial charge in [-0.3, -0.25) is 9.52 Å². The van der Waals surface area contributed by atoms with Crippen molar-refractivity contribution in [3.8, 4) is 5.75 Å². The van der Waals surface area contributed by atoms with E-state index in [-0.39, 0.29) is 16.0 Å². The normalized spacial score (nSPS) is 11.3. The Kier molecular flexibility index (Phi) is 6.99. The van der Waals surface area contributed by atoms with Crippen molar-refractivity contribution in [2.45, 2.75) is 11.8 Å². The molecule has 0 bridgehead atoms. The summed E-state index contributed by atoms with van der Waals surface area (Å²) in [7, 11) is -3.79. The Labute approximate surface area is 179 Å². The zero-order valence-corrected chi connectivity index (χ0v) is 17.4. The van der Waals surface area contributed by atoms with Crippen molar-refractivity contribution in [1.82, 2.24) is 5.43 Å². The van der Waals surface area contributed by atoms with Gasteiger partial charge in [0, 0.05) is 16.8 Å². The third-order valence-electron chi connectivity index (χ3n) is 4.12. The number of benzene rings is 3. The molecule has 0 spiro atoms. The molecule has 3 aromatic carbocycles. The molecule has 3 rings (SSSR count). The molecule has 1 amide bonds. The lowest BCUT2D eigenvalue weighted by Gasteiger charge is -2.09. The average molecular weight is 441 g/mol. The van der Waals surface area contributed by atoms with Gasteiger partial charge in [0.25, 0.3) is 15.9 Å². The molecule has 9 heteroatoms. The minimum Gasteiger partial charge on any atom is -0.494 e. The number of amides is 1. The first-order chi connectivity index (χ1) is 14.9. The number of carbonyl (C=O) groups is 1. The predicted molar refractivity (Wildman–Crippen MR) is 116 cm³/mol. The molecule has 0 fully saturated rings. The van der Waals surface area contributed by atoms with Gasteiger partial charge in [-0.05, 0) is 61.5 Å². The van der Waals surface area contributed by atoms with Crippen molar-refractivity contribution in [2.75, 3.05) is 11.3 Å². The van der Waals surface area contributed by atoms with E-state index >= 15 is 0 Å². The van der Waals surface area contributed by atoms with Crippen molar-refractivity contribution >= 4 is 27.8 Å². The summed E-state index contributed by atoms with van der Waals surface area (Å²) in [5.74, 6) is -0.396. The third kappa shape index (κ3) is 5.89. The maximum atomic E-state index is 13.5. The predicted octanol–water partition coefficient (Wildman–Crippen LogP) is 3.79. The molecule has 0 saturated heterocycles. The number of hydrogen-bond acceptors (Lipinski definition) is 5. The molecule has 0 aromatic heterocycles. The molecule has 3 aromatic rings. The van der Waals surface area contributed by atoms with Gasteiger partial charge in [-0.15, -0.1) is 0 Å². The summed E-state index contributed by atoms with van der Waals surface area (Å²) < 4.78 is 46.3. The number of nitrogens with zero attached hydrogens (tertiary/aromatic N) is 1. The van der Waals surface area contributed by atoms with Gasteiger partial charge in [0.2, 0.25) is 0 Å². The van der Waals surface area contributed by atoms with E-state index < -0.39 is 21.7 Å². The highest BCUT2D eigenvalue weighted by Crippen LogP contribution is 2.19. The lowest BCUT2D eigenvalue weighted by Crippen LogP contribution is -2.18. The molecule has 0 radical (unpaired) electrons. The number of nitrogens with one attached hydrogen (secondary N) is 2. The molecule has 31 heavy (non-hydrogen) atoms. The zero-order chi connectivity index (χ0) is 22.3. The number of carbonyl (C=O) groups excluding carboxylic acids is 1. The van der Waals surface area contributed by atoms with Gasteiger partial charge < -0.3 is 4.74 Å². The Morgan fingerprint density at radius 3 is 2.35 bits per heavy atom. The number of anilines is 1. The van der Waals surface area contributed by atoms with E-state index in [1.807, 2.05) is 6.92 Å². The third-order valence-corrected chi connectivity index (χ3v) is 5.52. The van der Waals surface area contributed by atoms with E-state index in [1.54, 1.807) is 24.3 Å². The van der Waals surface area contributed by atoms with Crippen LogP contribution in [-0.2, 0) is 10.0 Å². The summed E-state index contributed by atoms with van der Waals surface area (Å²) in [6, 6.07) is 17.9. The van der Waals surface area contributed by atoms with Crippen molar-refractivity contribution in [1.29, 1.82) is 0 Å². The minimum atomic E-state index is -3.79. The highest BCUT2D eigenvalue weighted by molar-refractivity contribution is 7.92. The van der Waals surface area contributed by atoms with Crippen LogP contribution in [0.15, 0.2) is 82.8 Å². The van der Waals surface area contributed by atoms with E-state index in [1.165, 1.54) is 54.7 Å². The second kappa shape index (κ2) is 9.86. The average Bonchev–Trinajstić information content (AvgIpc) is 2.76. The van der Waals surface area contributed by atoms with Crippen LogP contribution in [0.25, 0.3) is 0 Å². The minimum absolute atomic E-state index is 0.0836. The van der Waals surface area contributed by atoms with Crippen LogP contribution in [0, 0.1) is 5.82 Å². The van der Waals surface area contributed by atoms with Crippen molar-refractivity contribution in [3.63, 3.8) is 0 Å². The summed E-state index contributed by atoms with van der Waals surface area (Å²) in [6.45, 7) is 2.32. The molecule has 0 aliphatic rings. The van der Waals surface area contributed by atoms with E-state index in [0.29, 0.717) is 18.0 Å². The van der Waals surface area contributed by atoms with Crippen molar-refractivity contribution < 1.29 is 22.3 Å². The van der Waals surface area contributed by atoms with E-state index in [0.717, 1.165) is 0 Å². The number of halogens is 1. The first-order valence-corrected chi connectivity index (χ1v) is 10.8. The fourth-order valence-corrected chi connectivity index (χ4v) is 3.65. The molecule has 160 valence electrons. The molecule has 0 atom stereocenters. The topological polar surface area (TPSA) is 96.9 Å². The molecule has 0 unspecified atom stereocenters. The zero-order valence-electron chi connectivity index (χ0n) is 16.6.